The molecule has 0 aromatic carbocycles. The summed E-state index contributed by atoms with van der Waals surface area (Å²) in [7, 11) is 2.21. The van der Waals surface area contributed by atoms with Crippen molar-refractivity contribution in [3.8, 4) is 0 Å². The van der Waals surface area contributed by atoms with Gasteiger partial charge in [0.25, 0.3) is 0 Å². The van der Waals surface area contributed by atoms with Crippen LogP contribution in [0.5, 0.6) is 0 Å². The number of rotatable bonds is 3. The second kappa shape index (κ2) is 3.58. The van der Waals surface area contributed by atoms with Crippen LogP contribution in [-0.2, 0) is 0 Å². The van der Waals surface area contributed by atoms with Crippen molar-refractivity contribution in [2.45, 2.75) is 45.6 Å². The molecule has 0 radical (unpaired) electrons. The Kier molecular flexibility index (Phi) is 3.03. The van der Waals surface area contributed by atoms with E-state index in [1.54, 1.807) is 0 Å². The minimum Gasteiger partial charge on any atom is -0.329 e. The van der Waals surface area contributed by atoms with E-state index < -0.39 is 0 Å². The third kappa shape index (κ3) is 1.50. The first-order valence-electron chi connectivity index (χ1n) is 5.41. The molecular formula is C11H24N2. The maximum atomic E-state index is 5.98. The highest BCUT2D eigenvalue weighted by molar-refractivity contribution is 5.06. The molecule has 1 rings (SSSR count). The van der Waals surface area contributed by atoms with E-state index >= 15 is 0 Å². The van der Waals surface area contributed by atoms with Crippen LogP contribution in [0.25, 0.3) is 0 Å². The average Bonchev–Trinajstić information content (AvgIpc) is 2.40. The standard InChI is InChI=1S/C11H24N2/c1-5-13(4)11(9-12)8-6-7-10(11,2)3/h5-9,12H2,1-4H3. The lowest BCUT2D eigenvalue weighted by atomic mass is 9.74. The van der Waals surface area contributed by atoms with Gasteiger partial charge in [0.05, 0.1) is 0 Å². The van der Waals surface area contributed by atoms with E-state index in [0.717, 1.165) is 13.1 Å². The van der Waals surface area contributed by atoms with Gasteiger partial charge >= 0.3 is 0 Å². The van der Waals surface area contributed by atoms with Crippen LogP contribution < -0.4 is 5.73 Å². The van der Waals surface area contributed by atoms with Crippen LogP contribution in [-0.4, -0.2) is 30.6 Å². The summed E-state index contributed by atoms with van der Waals surface area (Å²) in [5, 5.41) is 0. The molecule has 1 aliphatic rings. The quantitative estimate of drug-likeness (QED) is 0.725. The Labute approximate surface area is 82.5 Å². The van der Waals surface area contributed by atoms with Gasteiger partial charge in [0.2, 0.25) is 0 Å². The summed E-state index contributed by atoms with van der Waals surface area (Å²) in [5.74, 6) is 0. The summed E-state index contributed by atoms with van der Waals surface area (Å²) < 4.78 is 0. The lowest BCUT2D eigenvalue weighted by molar-refractivity contribution is 0.0378. The number of hydrogen-bond acceptors (Lipinski definition) is 2. The van der Waals surface area contributed by atoms with Gasteiger partial charge in [-0.05, 0) is 31.8 Å². The van der Waals surface area contributed by atoms with Crippen molar-refractivity contribution in [2.24, 2.45) is 11.1 Å². The molecule has 0 saturated heterocycles. The fourth-order valence-electron chi connectivity index (χ4n) is 2.94. The van der Waals surface area contributed by atoms with E-state index in [1.165, 1.54) is 19.3 Å². The maximum absolute atomic E-state index is 5.98. The molecule has 13 heavy (non-hydrogen) atoms. The molecule has 1 unspecified atom stereocenters. The van der Waals surface area contributed by atoms with Crippen molar-refractivity contribution < 1.29 is 0 Å². The van der Waals surface area contributed by atoms with Crippen molar-refractivity contribution in [3.63, 3.8) is 0 Å². The summed E-state index contributed by atoms with van der Waals surface area (Å²) in [6, 6.07) is 0. The fraction of sp³-hybridized carbons (Fsp3) is 1.00. The molecule has 0 aliphatic heterocycles. The lowest BCUT2D eigenvalue weighted by Crippen LogP contribution is -2.58. The van der Waals surface area contributed by atoms with Gasteiger partial charge in [-0.1, -0.05) is 27.2 Å². The van der Waals surface area contributed by atoms with Crippen LogP contribution in [0, 0.1) is 5.41 Å². The monoisotopic (exact) mass is 184 g/mol. The van der Waals surface area contributed by atoms with Gasteiger partial charge in [0.1, 0.15) is 0 Å². The first-order chi connectivity index (χ1) is 6.00. The van der Waals surface area contributed by atoms with Crippen LogP contribution in [0.3, 0.4) is 0 Å². The maximum Gasteiger partial charge on any atom is 0.0379 e. The van der Waals surface area contributed by atoms with Gasteiger partial charge in [-0.15, -0.1) is 0 Å². The highest BCUT2D eigenvalue weighted by atomic mass is 15.2. The molecule has 0 spiro atoms. The predicted molar refractivity (Wildman–Crippen MR) is 57.7 cm³/mol. The zero-order valence-corrected chi connectivity index (χ0v) is 9.56. The van der Waals surface area contributed by atoms with E-state index in [1.807, 2.05) is 0 Å². The average molecular weight is 184 g/mol. The second-order valence-electron chi connectivity index (χ2n) is 4.99. The topological polar surface area (TPSA) is 29.3 Å². The van der Waals surface area contributed by atoms with E-state index in [0.29, 0.717) is 5.41 Å². The number of nitrogens with two attached hydrogens (primary N) is 1. The molecule has 78 valence electrons. The van der Waals surface area contributed by atoms with Crippen LogP contribution in [0.15, 0.2) is 0 Å². The van der Waals surface area contributed by atoms with Gasteiger partial charge in [-0.3, -0.25) is 4.90 Å². The van der Waals surface area contributed by atoms with Gasteiger partial charge < -0.3 is 5.73 Å². The molecule has 0 heterocycles. The van der Waals surface area contributed by atoms with Crippen molar-refractivity contribution in [1.29, 1.82) is 0 Å². The molecule has 2 nitrogen and oxygen atoms in total. The van der Waals surface area contributed by atoms with E-state index in [9.17, 15) is 0 Å². The largest absolute Gasteiger partial charge is 0.329 e. The summed E-state index contributed by atoms with van der Waals surface area (Å²) in [4.78, 5) is 2.44. The highest BCUT2D eigenvalue weighted by Gasteiger charge is 2.49. The molecule has 1 fully saturated rings. The normalized spacial score (nSPS) is 32.8. The molecule has 0 aromatic rings. The molecule has 0 aromatic heterocycles. The number of nitrogens with zero attached hydrogens (tertiary/aromatic N) is 1. The minimum atomic E-state index is 0.252. The second-order valence-corrected chi connectivity index (χ2v) is 4.99. The third-order valence-electron chi connectivity index (χ3n) is 4.19. The summed E-state index contributed by atoms with van der Waals surface area (Å²) in [6.45, 7) is 8.83. The van der Waals surface area contributed by atoms with Gasteiger partial charge in [-0.25, -0.2) is 0 Å². The Morgan fingerprint density at radius 1 is 1.31 bits per heavy atom. The predicted octanol–water partition coefficient (Wildman–Crippen LogP) is 1.85. The zero-order chi connectivity index (χ0) is 10.1. The number of likely N-dealkylation sites (N-methyl/N-ethyl adjacent to an activating group) is 1. The van der Waals surface area contributed by atoms with Crippen LogP contribution in [0.4, 0.5) is 0 Å². The van der Waals surface area contributed by atoms with E-state index in [2.05, 4.69) is 32.7 Å². The molecule has 0 amide bonds. The first kappa shape index (κ1) is 11.0. The van der Waals surface area contributed by atoms with E-state index in [-0.39, 0.29) is 5.54 Å². The van der Waals surface area contributed by atoms with Crippen molar-refractivity contribution >= 4 is 0 Å². The molecule has 1 aliphatic carbocycles. The van der Waals surface area contributed by atoms with Gasteiger partial charge in [0.15, 0.2) is 0 Å². The zero-order valence-electron chi connectivity index (χ0n) is 9.56. The Hall–Kier alpha value is -0.0800. The van der Waals surface area contributed by atoms with E-state index in [4.69, 9.17) is 5.73 Å². The molecule has 2 N–H and O–H groups in total. The molecular weight excluding hydrogens is 160 g/mol. The van der Waals surface area contributed by atoms with Crippen LogP contribution >= 0.6 is 0 Å². The Balaban J connectivity index is 2.91. The van der Waals surface area contributed by atoms with Crippen molar-refractivity contribution in [3.05, 3.63) is 0 Å². The van der Waals surface area contributed by atoms with Crippen molar-refractivity contribution in [1.82, 2.24) is 4.90 Å². The third-order valence-corrected chi connectivity index (χ3v) is 4.19. The smallest absolute Gasteiger partial charge is 0.0379 e. The van der Waals surface area contributed by atoms with Crippen LogP contribution in [0.2, 0.25) is 0 Å². The summed E-state index contributed by atoms with van der Waals surface area (Å²) in [5.41, 5.74) is 6.61. The summed E-state index contributed by atoms with van der Waals surface area (Å²) >= 11 is 0. The van der Waals surface area contributed by atoms with Gasteiger partial charge in [0, 0.05) is 12.1 Å². The minimum absolute atomic E-state index is 0.252. The first-order valence-corrected chi connectivity index (χ1v) is 5.41. The Bertz CT molecular complexity index is 177. The Morgan fingerprint density at radius 3 is 2.23 bits per heavy atom. The Morgan fingerprint density at radius 2 is 1.92 bits per heavy atom. The lowest BCUT2D eigenvalue weighted by Gasteiger charge is -2.47. The fourth-order valence-corrected chi connectivity index (χ4v) is 2.94. The number of hydrogen-bond donors (Lipinski definition) is 1. The van der Waals surface area contributed by atoms with Crippen molar-refractivity contribution in [2.75, 3.05) is 20.1 Å². The highest BCUT2D eigenvalue weighted by Crippen LogP contribution is 2.48. The van der Waals surface area contributed by atoms with Gasteiger partial charge in [-0.2, -0.15) is 0 Å². The molecule has 2 heteroatoms. The molecule has 1 saturated carbocycles. The molecule has 1 atom stereocenters. The SMILES string of the molecule is CCN(C)C1(CN)CCCC1(C)C. The summed E-state index contributed by atoms with van der Waals surface area (Å²) in [6.07, 6.45) is 3.91. The molecule has 0 bridgehead atoms. The van der Waals surface area contributed by atoms with Crippen LogP contribution in [0.1, 0.15) is 40.0 Å².